The van der Waals surface area contributed by atoms with E-state index in [1.807, 2.05) is 6.07 Å². The molecule has 3 rings (SSSR count). The number of halogens is 1. The minimum atomic E-state index is -0.143. The van der Waals surface area contributed by atoms with Gasteiger partial charge in [0.1, 0.15) is 5.82 Å². The monoisotopic (exact) mass is 248 g/mol. The van der Waals surface area contributed by atoms with Crippen molar-refractivity contribution in [1.82, 2.24) is 10.2 Å². The Balaban J connectivity index is 1.66. The zero-order valence-corrected chi connectivity index (χ0v) is 10.9. The highest BCUT2D eigenvalue weighted by Gasteiger charge is 2.37. The molecule has 0 amide bonds. The number of hydrogen-bond donors (Lipinski definition) is 1. The molecule has 0 radical (unpaired) electrons. The van der Waals surface area contributed by atoms with Gasteiger partial charge in [-0.1, -0.05) is 12.1 Å². The Hall–Kier alpha value is -0.930. The zero-order chi connectivity index (χ0) is 12.5. The predicted octanol–water partition coefficient (Wildman–Crippen LogP) is 2.71. The summed E-state index contributed by atoms with van der Waals surface area (Å²) in [6.07, 6.45) is 3.87. The third kappa shape index (κ3) is 2.29. The molecule has 0 saturated carbocycles. The third-order valence-electron chi connectivity index (χ3n) is 4.42. The van der Waals surface area contributed by atoms with Gasteiger partial charge in [0.15, 0.2) is 0 Å². The summed E-state index contributed by atoms with van der Waals surface area (Å²) in [7, 11) is 0. The zero-order valence-electron chi connectivity index (χ0n) is 10.9. The lowest BCUT2D eigenvalue weighted by molar-refractivity contribution is 0.291. The predicted molar refractivity (Wildman–Crippen MR) is 71.0 cm³/mol. The van der Waals surface area contributed by atoms with Crippen LogP contribution in [0.1, 0.15) is 37.8 Å². The first-order chi connectivity index (χ1) is 8.74. The molecule has 3 heteroatoms. The summed E-state index contributed by atoms with van der Waals surface area (Å²) in [5.74, 6) is -0.143. The van der Waals surface area contributed by atoms with Crippen LogP contribution in [0.3, 0.4) is 0 Å². The van der Waals surface area contributed by atoms with Gasteiger partial charge < -0.3 is 5.32 Å². The second kappa shape index (κ2) is 4.98. The molecule has 2 fully saturated rings. The van der Waals surface area contributed by atoms with E-state index < -0.39 is 0 Å². The van der Waals surface area contributed by atoms with Crippen LogP contribution in [-0.4, -0.2) is 30.1 Å². The second-order valence-electron chi connectivity index (χ2n) is 5.58. The van der Waals surface area contributed by atoms with E-state index in [4.69, 9.17) is 0 Å². The smallest absolute Gasteiger partial charge is 0.123 e. The Morgan fingerprint density at radius 1 is 1.33 bits per heavy atom. The number of nitrogens with zero attached hydrogens (tertiary/aromatic N) is 1. The molecule has 1 N–H and O–H groups in total. The fourth-order valence-electron chi connectivity index (χ4n) is 3.47. The van der Waals surface area contributed by atoms with Gasteiger partial charge in [-0.2, -0.15) is 0 Å². The number of fused-ring (bicyclic) bond motifs is 1. The molecule has 2 aliphatic heterocycles. The molecule has 2 heterocycles. The third-order valence-corrected chi connectivity index (χ3v) is 4.42. The van der Waals surface area contributed by atoms with Crippen molar-refractivity contribution in [3.05, 3.63) is 35.6 Å². The van der Waals surface area contributed by atoms with Gasteiger partial charge in [0.25, 0.3) is 0 Å². The van der Waals surface area contributed by atoms with E-state index in [1.54, 1.807) is 12.1 Å². The van der Waals surface area contributed by atoms with E-state index in [1.165, 1.54) is 38.4 Å². The van der Waals surface area contributed by atoms with Gasteiger partial charge >= 0.3 is 0 Å². The second-order valence-corrected chi connectivity index (χ2v) is 5.58. The van der Waals surface area contributed by atoms with E-state index in [-0.39, 0.29) is 11.9 Å². The molecule has 98 valence electrons. The summed E-state index contributed by atoms with van der Waals surface area (Å²) in [4.78, 5) is 2.59. The Kier molecular flexibility index (Phi) is 3.35. The highest BCUT2D eigenvalue weighted by Crippen LogP contribution is 2.29. The summed E-state index contributed by atoms with van der Waals surface area (Å²) < 4.78 is 13.2. The molecule has 1 aromatic rings. The topological polar surface area (TPSA) is 15.3 Å². The molecule has 2 nitrogen and oxygen atoms in total. The molecule has 0 bridgehead atoms. The number of nitrogens with one attached hydrogen (secondary N) is 1. The van der Waals surface area contributed by atoms with Crippen molar-refractivity contribution in [2.75, 3.05) is 13.1 Å². The van der Waals surface area contributed by atoms with Crippen molar-refractivity contribution < 1.29 is 4.39 Å². The fraction of sp³-hybridized carbons (Fsp3) is 0.600. The van der Waals surface area contributed by atoms with Crippen LogP contribution in [0.15, 0.2) is 24.3 Å². The van der Waals surface area contributed by atoms with E-state index in [0.29, 0.717) is 12.1 Å². The fourth-order valence-corrected chi connectivity index (χ4v) is 3.47. The van der Waals surface area contributed by atoms with Crippen LogP contribution in [-0.2, 0) is 0 Å². The first-order valence-electron chi connectivity index (χ1n) is 6.99. The van der Waals surface area contributed by atoms with Crippen LogP contribution < -0.4 is 5.32 Å². The number of benzene rings is 1. The van der Waals surface area contributed by atoms with Gasteiger partial charge in [-0.3, -0.25) is 4.90 Å². The quantitative estimate of drug-likeness (QED) is 0.885. The normalized spacial score (nSPS) is 29.4. The van der Waals surface area contributed by atoms with Crippen LogP contribution in [0, 0.1) is 5.82 Å². The first-order valence-corrected chi connectivity index (χ1v) is 6.99. The van der Waals surface area contributed by atoms with Gasteiger partial charge in [-0.15, -0.1) is 0 Å². The van der Waals surface area contributed by atoms with Crippen molar-refractivity contribution in [3.63, 3.8) is 0 Å². The molecule has 0 aliphatic carbocycles. The van der Waals surface area contributed by atoms with Crippen molar-refractivity contribution in [3.8, 4) is 0 Å². The average Bonchev–Trinajstić information content (AvgIpc) is 2.94. The standard InChI is InChI=1S/C15H21FN2/c1-11(12-4-2-5-13(16)10-12)17-14-7-9-18-8-3-6-15(14)18/h2,4-5,10-11,14-15,17H,3,6-9H2,1H3. The Morgan fingerprint density at radius 2 is 2.22 bits per heavy atom. The summed E-state index contributed by atoms with van der Waals surface area (Å²) in [5.41, 5.74) is 1.05. The lowest BCUT2D eigenvalue weighted by Crippen LogP contribution is -2.40. The first kappa shape index (κ1) is 12.1. The van der Waals surface area contributed by atoms with Crippen molar-refractivity contribution in [1.29, 1.82) is 0 Å². The summed E-state index contributed by atoms with van der Waals surface area (Å²) >= 11 is 0. The van der Waals surface area contributed by atoms with Crippen molar-refractivity contribution in [2.24, 2.45) is 0 Å². The molecule has 2 aliphatic rings. The van der Waals surface area contributed by atoms with Gasteiger partial charge in [0, 0.05) is 24.7 Å². The van der Waals surface area contributed by atoms with Crippen molar-refractivity contribution >= 4 is 0 Å². The summed E-state index contributed by atoms with van der Waals surface area (Å²) in [5, 5.41) is 3.69. The van der Waals surface area contributed by atoms with Crippen LogP contribution in [0.4, 0.5) is 4.39 Å². The van der Waals surface area contributed by atoms with E-state index in [9.17, 15) is 4.39 Å². The van der Waals surface area contributed by atoms with Crippen LogP contribution in [0.25, 0.3) is 0 Å². The highest BCUT2D eigenvalue weighted by molar-refractivity contribution is 5.20. The molecule has 2 saturated heterocycles. The molecule has 0 aromatic heterocycles. The van der Waals surface area contributed by atoms with Gasteiger partial charge in [-0.05, 0) is 50.4 Å². The van der Waals surface area contributed by atoms with E-state index in [2.05, 4.69) is 17.1 Å². The molecular formula is C15H21FN2. The van der Waals surface area contributed by atoms with E-state index in [0.717, 1.165) is 5.56 Å². The minimum absolute atomic E-state index is 0.143. The number of hydrogen-bond acceptors (Lipinski definition) is 2. The highest BCUT2D eigenvalue weighted by atomic mass is 19.1. The van der Waals surface area contributed by atoms with Gasteiger partial charge in [-0.25, -0.2) is 4.39 Å². The Labute approximate surface area is 108 Å². The van der Waals surface area contributed by atoms with Crippen LogP contribution in [0.2, 0.25) is 0 Å². The maximum absolute atomic E-state index is 13.2. The lowest BCUT2D eigenvalue weighted by Gasteiger charge is -2.25. The van der Waals surface area contributed by atoms with Crippen LogP contribution in [0.5, 0.6) is 0 Å². The molecule has 18 heavy (non-hydrogen) atoms. The van der Waals surface area contributed by atoms with Crippen molar-refractivity contribution in [2.45, 2.75) is 44.3 Å². The summed E-state index contributed by atoms with van der Waals surface area (Å²) in [6.45, 7) is 4.61. The Bertz CT molecular complexity index is 421. The summed E-state index contributed by atoms with van der Waals surface area (Å²) in [6, 6.07) is 8.45. The SMILES string of the molecule is CC(NC1CCN2CCCC12)c1cccc(F)c1. The van der Waals surface area contributed by atoms with Crippen LogP contribution >= 0.6 is 0 Å². The largest absolute Gasteiger partial charge is 0.306 e. The minimum Gasteiger partial charge on any atom is -0.306 e. The molecule has 3 atom stereocenters. The molecular weight excluding hydrogens is 227 g/mol. The van der Waals surface area contributed by atoms with Gasteiger partial charge in [0.05, 0.1) is 0 Å². The van der Waals surface area contributed by atoms with E-state index >= 15 is 0 Å². The van der Waals surface area contributed by atoms with Gasteiger partial charge in [0.2, 0.25) is 0 Å². The Morgan fingerprint density at radius 3 is 3.06 bits per heavy atom. The lowest BCUT2D eigenvalue weighted by atomic mass is 10.0. The molecule has 3 unspecified atom stereocenters. The maximum Gasteiger partial charge on any atom is 0.123 e. The molecule has 1 aromatic carbocycles. The average molecular weight is 248 g/mol. The molecule has 0 spiro atoms. The number of rotatable bonds is 3. The maximum atomic E-state index is 13.2.